The minimum absolute atomic E-state index is 0.0651. The van der Waals surface area contributed by atoms with Crippen LogP contribution in [-0.2, 0) is 17.6 Å². The molecule has 2 aromatic rings. The lowest BCUT2D eigenvalue weighted by Gasteiger charge is -2.11. The number of aromatic nitrogens is 1. The Labute approximate surface area is 118 Å². The Morgan fingerprint density at radius 1 is 1.25 bits per heavy atom. The molecular weight excluding hydrogens is 250 g/mol. The molecule has 0 spiro atoms. The van der Waals surface area contributed by atoms with Crippen LogP contribution in [-0.4, -0.2) is 23.5 Å². The van der Waals surface area contributed by atoms with Gasteiger partial charge in [0.15, 0.2) is 0 Å². The predicted octanol–water partition coefficient (Wildman–Crippen LogP) is 1.78. The van der Waals surface area contributed by atoms with Crippen molar-refractivity contribution in [2.24, 2.45) is 0 Å². The second-order valence-electron chi connectivity index (χ2n) is 4.95. The number of nitrogens with zero attached hydrogens (tertiary/aromatic N) is 1. The second-order valence-corrected chi connectivity index (χ2v) is 4.95. The van der Waals surface area contributed by atoms with Gasteiger partial charge in [0.25, 0.3) is 0 Å². The van der Waals surface area contributed by atoms with Crippen molar-refractivity contribution in [3.8, 4) is 0 Å². The first-order valence-electron chi connectivity index (χ1n) is 6.84. The van der Waals surface area contributed by atoms with Gasteiger partial charge >= 0.3 is 0 Å². The smallest absolute Gasteiger partial charge is 0.242 e. The number of para-hydroxylation sites is 1. The first-order chi connectivity index (χ1) is 9.83. The Morgan fingerprint density at radius 2 is 2.05 bits per heavy atom. The Bertz CT molecular complexity index is 573. The summed E-state index contributed by atoms with van der Waals surface area (Å²) in [6.07, 6.45) is 5.13. The summed E-state index contributed by atoms with van der Waals surface area (Å²) in [5.41, 5.74) is 3.46. The first kappa shape index (κ1) is 12.7. The van der Waals surface area contributed by atoms with Crippen LogP contribution >= 0.6 is 0 Å². The van der Waals surface area contributed by atoms with E-state index in [4.69, 9.17) is 0 Å². The van der Waals surface area contributed by atoms with Crippen molar-refractivity contribution >= 4 is 11.6 Å². The van der Waals surface area contributed by atoms with Gasteiger partial charge in [0.2, 0.25) is 5.91 Å². The molecule has 1 atom stereocenters. The summed E-state index contributed by atoms with van der Waals surface area (Å²) in [5, 5.41) is 6.25. The topological polar surface area (TPSA) is 54.0 Å². The van der Waals surface area contributed by atoms with E-state index in [0.29, 0.717) is 6.54 Å². The van der Waals surface area contributed by atoms with Gasteiger partial charge in [0, 0.05) is 31.0 Å². The molecule has 102 valence electrons. The van der Waals surface area contributed by atoms with Crippen molar-refractivity contribution in [2.75, 3.05) is 11.9 Å². The summed E-state index contributed by atoms with van der Waals surface area (Å²) >= 11 is 0. The molecule has 0 unspecified atom stereocenters. The number of anilines is 1. The molecule has 0 radical (unpaired) electrons. The zero-order valence-electron chi connectivity index (χ0n) is 11.2. The number of benzene rings is 1. The number of nitrogens with one attached hydrogen (secondary N) is 2. The van der Waals surface area contributed by atoms with E-state index in [1.54, 1.807) is 12.4 Å². The lowest BCUT2D eigenvalue weighted by molar-refractivity contribution is -0.121. The summed E-state index contributed by atoms with van der Waals surface area (Å²) in [4.78, 5) is 16.1. The molecule has 1 aromatic carbocycles. The van der Waals surface area contributed by atoms with Crippen LogP contribution < -0.4 is 10.6 Å². The van der Waals surface area contributed by atoms with E-state index < -0.39 is 0 Å². The number of fused-ring (bicyclic) bond motifs is 1. The summed E-state index contributed by atoms with van der Waals surface area (Å²) < 4.78 is 0. The van der Waals surface area contributed by atoms with Crippen molar-refractivity contribution in [1.29, 1.82) is 0 Å². The molecule has 2 heterocycles. The normalized spacial score (nSPS) is 16.3. The van der Waals surface area contributed by atoms with Crippen molar-refractivity contribution in [3.05, 3.63) is 59.9 Å². The molecule has 1 aliphatic heterocycles. The van der Waals surface area contributed by atoms with Gasteiger partial charge in [0.1, 0.15) is 6.04 Å². The molecule has 1 amide bonds. The fourth-order valence-corrected chi connectivity index (χ4v) is 2.46. The van der Waals surface area contributed by atoms with Crippen LogP contribution in [0.5, 0.6) is 0 Å². The highest BCUT2D eigenvalue weighted by molar-refractivity contribution is 5.87. The predicted molar refractivity (Wildman–Crippen MR) is 78.5 cm³/mol. The monoisotopic (exact) mass is 267 g/mol. The minimum atomic E-state index is -0.148. The number of amides is 1. The molecule has 4 heteroatoms. The third-order valence-electron chi connectivity index (χ3n) is 3.55. The molecule has 20 heavy (non-hydrogen) atoms. The number of carbonyl (C=O) groups is 1. The maximum absolute atomic E-state index is 12.1. The molecule has 4 nitrogen and oxygen atoms in total. The van der Waals surface area contributed by atoms with E-state index in [9.17, 15) is 4.79 Å². The first-order valence-corrected chi connectivity index (χ1v) is 6.84. The van der Waals surface area contributed by atoms with Gasteiger partial charge < -0.3 is 10.6 Å². The molecule has 0 fully saturated rings. The number of rotatable bonds is 4. The lowest BCUT2D eigenvalue weighted by Crippen LogP contribution is -2.39. The maximum atomic E-state index is 12.1. The Hall–Kier alpha value is -2.36. The Balaban J connectivity index is 1.49. The van der Waals surface area contributed by atoms with E-state index >= 15 is 0 Å². The van der Waals surface area contributed by atoms with Crippen molar-refractivity contribution < 1.29 is 4.79 Å². The Morgan fingerprint density at radius 3 is 2.85 bits per heavy atom. The molecule has 0 saturated heterocycles. The molecule has 2 N–H and O–H groups in total. The summed E-state index contributed by atoms with van der Waals surface area (Å²) in [6, 6.07) is 11.8. The van der Waals surface area contributed by atoms with Gasteiger partial charge in [-0.2, -0.15) is 0 Å². The molecule has 0 bridgehead atoms. The van der Waals surface area contributed by atoms with E-state index in [-0.39, 0.29) is 11.9 Å². The third-order valence-corrected chi connectivity index (χ3v) is 3.55. The highest BCUT2D eigenvalue weighted by atomic mass is 16.2. The molecule has 1 aromatic heterocycles. The third kappa shape index (κ3) is 2.79. The van der Waals surface area contributed by atoms with Gasteiger partial charge in [-0.15, -0.1) is 0 Å². The van der Waals surface area contributed by atoms with Gasteiger partial charge in [-0.25, -0.2) is 0 Å². The summed E-state index contributed by atoms with van der Waals surface area (Å²) in [5.74, 6) is 0.0651. The maximum Gasteiger partial charge on any atom is 0.242 e. The standard InChI is InChI=1S/C16H17N3O/c20-16(18-10-7-12-5-8-17-9-6-12)15-11-13-3-1-2-4-14(13)19-15/h1-6,8-9,15,19H,7,10-11H2,(H,18,20)/t15-/m0/s1. The highest BCUT2D eigenvalue weighted by Gasteiger charge is 2.25. The molecule has 0 aliphatic carbocycles. The van der Waals surface area contributed by atoms with E-state index in [1.807, 2.05) is 30.3 Å². The lowest BCUT2D eigenvalue weighted by atomic mass is 10.1. The van der Waals surface area contributed by atoms with E-state index in [1.165, 1.54) is 11.1 Å². The number of hydrogen-bond acceptors (Lipinski definition) is 3. The van der Waals surface area contributed by atoms with Crippen molar-refractivity contribution in [3.63, 3.8) is 0 Å². The largest absolute Gasteiger partial charge is 0.373 e. The fraction of sp³-hybridized carbons (Fsp3) is 0.250. The molecule has 3 rings (SSSR count). The SMILES string of the molecule is O=C(NCCc1ccncc1)[C@@H]1Cc2ccccc2N1. The Kier molecular flexibility index (Phi) is 3.63. The quantitative estimate of drug-likeness (QED) is 0.888. The van der Waals surface area contributed by atoms with Crippen LogP contribution in [0, 0.1) is 0 Å². The van der Waals surface area contributed by atoms with Crippen molar-refractivity contribution in [1.82, 2.24) is 10.3 Å². The second kappa shape index (κ2) is 5.74. The van der Waals surface area contributed by atoms with E-state index in [2.05, 4.69) is 21.7 Å². The number of hydrogen-bond donors (Lipinski definition) is 2. The molecular formula is C16H17N3O. The van der Waals surface area contributed by atoms with E-state index in [0.717, 1.165) is 18.5 Å². The highest BCUT2D eigenvalue weighted by Crippen LogP contribution is 2.24. The average Bonchev–Trinajstić information content (AvgIpc) is 2.92. The zero-order chi connectivity index (χ0) is 13.8. The van der Waals surface area contributed by atoms with Gasteiger partial charge in [-0.05, 0) is 35.7 Å². The van der Waals surface area contributed by atoms with Crippen LogP contribution in [0.1, 0.15) is 11.1 Å². The average molecular weight is 267 g/mol. The van der Waals surface area contributed by atoms with Gasteiger partial charge in [-0.1, -0.05) is 18.2 Å². The van der Waals surface area contributed by atoms with Crippen LogP contribution in [0.25, 0.3) is 0 Å². The van der Waals surface area contributed by atoms with Crippen LogP contribution in [0.15, 0.2) is 48.8 Å². The molecule has 1 aliphatic rings. The van der Waals surface area contributed by atoms with Gasteiger partial charge in [-0.3, -0.25) is 9.78 Å². The van der Waals surface area contributed by atoms with Gasteiger partial charge in [0.05, 0.1) is 0 Å². The van der Waals surface area contributed by atoms with Crippen LogP contribution in [0.3, 0.4) is 0 Å². The van der Waals surface area contributed by atoms with Crippen LogP contribution in [0.4, 0.5) is 5.69 Å². The molecule has 0 saturated carbocycles. The summed E-state index contributed by atoms with van der Waals surface area (Å²) in [7, 11) is 0. The zero-order valence-corrected chi connectivity index (χ0v) is 11.2. The number of carbonyl (C=O) groups excluding carboxylic acids is 1. The number of pyridine rings is 1. The summed E-state index contributed by atoms with van der Waals surface area (Å²) in [6.45, 7) is 0.650. The van der Waals surface area contributed by atoms with Crippen LogP contribution in [0.2, 0.25) is 0 Å². The van der Waals surface area contributed by atoms with Crippen molar-refractivity contribution in [2.45, 2.75) is 18.9 Å². The fourth-order valence-electron chi connectivity index (χ4n) is 2.46. The minimum Gasteiger partial charge on any atom is -0.373 e.